The van der Waals surface area contributed by atoms with E-state index < -0.39 is 0 Å². The minimum absolute atomic E-state index is 0.134. The molecule has 0 aromatic rings. The summed E-state index contributed by atoms with van der Waals surface area (Å²) in [5.74, 6) is 4.76. The van der Waals surface area contributed by atoms with E-state index in [4.69, 9.17) is 4.74 Å². The van der Waals surface area contributed by atoms with E-state index in [1.807, 2.05) is 0 Å². The van der Waals surface area contributed by atoms with Gasteiger partial charge in [-0.15, -0.1) is 0 Å². The molecular formula is C17H28O. The molecule has 4 aliphatic rings. The molecule has 0 aromatic heterocycles. The van der Waals surface area contributed by atoms with Crippen LogP contribution in [0.25, 0.3) is 0 Å². The number of rotatable bonds is 4. The van der Waals surface area contributed by atoms with Gasteiger partial charge in [-0.3, -0.25) is 0 Å². The minimum Gasteiger partial charge on any atom is -0.494 e. The first-order valence-corrected chi connectivity index (χ1v) is 7.85. The third-order valence-corrected chi connectivity index (χ3v) is 6.06. The smallest absolute Gasteiger partial charge is 0.104 e. The van der Waals surface area contributed by atoms with Crippen LogP contribution in [0.1, 0.15) is 59.3 Å². The summed E-state index contributed by atoms with van der Waals surface area (Å²) in [6, 6.07) is 0. The quantitative estimate of drug-likeness (QED) is 0.651. The van der Waals surface area contributed by atoms with Gasteiger partial charge in [-0.05, 0) is 62.2 Å². The highest BCUT2D eigenvalue weighted by Crippen LogP contribution is 2.55. The van der Waals surface area contributed by atoms with E-state index in [0.717, 1.165) is 35.9 Å². The van der Waals surface area contributed by atoms with E-state index in [1.165, 1.54) is 32.1 Å². The van der Waals surface area contributed by atoms with Crippen LogP contribution in [0.2, 0.25) is 0 Å². The van der Waals surface area contributed by atoms with Crippen molar-refractivity contribution < 1.29 is 4.74 Å². The van der Waals surface area contributed by atoms with Gasteiger partial charge in [-0.2, -0.15) is 0 Å². The Hall–Kier alpha value is -0.460. The number of hydrogen-bond donors (Lipinski definition) is 0. The predicted molar refractivity (Wildman–Crippen MR) is 75.1 cm³/mol. The highest BCUT2D eigenvalue weighted by atomic mass is 16.5. The Morgan fingerprint density at radius 3 is 2.00 bits per heavy atom. The monoisotopic (exact) mass is 248 g/mol. The molecule has 4 rings (SSSR count). The third-order valence-electron chi connectivity index (χ3n) is 6.06. The maximum absolute atomic E-state index is 6.39. The van der Waals surface area contributed by atoms with E-state index in [1.54, 1.807) is 0 Å². The first kappa shape index (κ1) is 12.6. The van der Waals surface area contributed by atoms with E-state index in [9.17, 15) is 0 Å². The summed E-state index contributed by atoms with van der Waals surface area (Å²) in [6.07, 6.45) is 8.83. The Labute approximate surface area is 112 Å². The molecule has 0 unspecified atom stereocenters. The molecule has 0 aliphatic heterocycles. The normalized spacial score (nSPS) is 42.1. The molecule has 4 fully saturated rings. The highest BCUT2D eigenvalue weighted by molar-refractivity contribution is 5.04. The summed E-state index contributed by atoms with van der Waals surface area (Å²) >= 11 is 0. The van der Waals surface area contributed by atoms with Crippen molar-refractivity contribution in [3.8, 4) is 0 Å². The van der Waals surface area contributed by atoms with Crippen molar-refractivity contribution in [3.63, 3.8) is 0 Å². The van der Waals surface area contributed by atoms with Crippen LogP contribution in [0.15, 0.2) is 12.3 Å². The molecule has 1 heteroatoms. The van der Waals surface area contributed by atoms with Gasteiger partial charge >= 0.3 is 0 Å². The van der Waals surface area contributed by atoms with E-state index >= 15 is 0 Å². The zero-order chi connectivity index (χ0) is 12.9. The fourth-order valence-corrected chi connectivity index (χ4v) is 4.59. The lowest BCUT2D eigenvalue weighted by Gasteiger charge is -2.54. The fourth-order valence-electron chi connectivity index (χ4n) is 4.59. The van der Waals surface area contributed by atoms with Gasteiger partial charge in [0.25, 0.3) is 0 Å². The highest BCUT2D eigenvalue weighted by Gasteiger charge is 2.49. The summed E-state index contributed by atoms with van der Waals surface area (Å²) in [7, 11) is 0. The van der Waals surface area contributed by atoms with Gasteiger partial charge in [0, 0.05) is 5.41 Å². The summed E-state index contributed by atoms with van der Waals surface area (Å²) < 4.78 is 6.39. The second-order valence-electron chi connectivity index (χ2n) is 7.67. The SMILES string of the molecule is C=C(OC1C2CC3CC(C2)CC1C3)C(C)(C)CC. The molecule has 4 saturated carbocycles. The maximum atomic E-state index is 6.39. The van der Waals surface area contributed by atoms with Crippen LogP contribution in [-0.4, -0.2) is 6.10 Å². The molecule has 0 aromatic carbocycles. The van der Waals surface area contributed by atoms with Gasteiger partial charge in [0.1, 0.15) is 6.10 Å². The molecule has 4 bridgehead atoms. The second kappa shape index (κ2) is 4.28. The van der Waals surface area contributed by atoms with Crippen molar-refractivity contribution >= 4 is 0 Å². The second-order valence-corrected chi connectivity index (χ2v) is 7.67. The van der Waals surface area contributed by atoms with E-state index in [-0.39, 0.29) is 5.41 Å². The molecular weight excluding hydrogens is 220 g/mol. The minimum atomic E-state index is 0.134. The third kappa shape index (κ3) is 2.00. The standard InChI is InChI=1S/C17H28O/c1-5-17(3,4)11(2)18-16-14-7-12-6-13(9-14)10-15(16)8-12/h12-16H,2,5-10H2,1,3-4H3. The molecule has 102 valence electrons. The first-order valence-electron chi connectivity index (χ1n) is 7.85. The topological polar surface area (TPSA) is 9.23 Å². The molecule has 0 heterocycles. The first-order chi connectivity index (χ1) is 8.49. The molecule has 0 spiro atoms. The zero-order valence-corrected chi connectivity index (χ0v) is 12.2. The number of allylic oxidation sites excluding steroid dienone is 1. The maximum Gasteiger partial charge on any atom is 0.104 e. The van der Waals surface area contributed by atoms with Gasteiger partial charge in [-0.1, -0.05) is 27.4 Å². The lowest BCUT2D eigenvalue weighted by atomic mass is 9.55. The van der Waals surface area contributed by atoms with Crippen LogP contribution in [0, 0.1) is 29.1 Å². The molecule has 0 atom stereocenters. The molecule has 0 radical (unpaired) electrons. The largest absolute Gasteiger partial charge is 0.494 e. The molecule has 0 amide bonds. The lowest BCUT2D eigenvalue weighted by Crippen LogP contribution is -2.49. The molecule has 4 aliphatic carbocycles. The van der Waals surface area contributed by atoms with Crippen molar-refractivity contribution in [2.45, 2.75) is 65.4 Å². The zero-order valence-electron chi connectivity index (χ0n) is 12.2. The summed E-state index contributed by atoms with van der Waals surface area (Å²) in [5, 5.41) is 0. The average Bonchev–Trinajstić information content (AvgIpc) is 2.32. The Kier molecular flexibility index (Phi) is 2.99. The van der Waals surface area contributed by atoms with Gasteiger partial charge < -0.3 is 4.74 Å². The number of ether oxygens (including phenoxy) is 1. The Morgan fingerprint density at radius 2 is 1.56 bits per heavy atom. The van der Waals surface area contributed by atoms with Crippen molar-refractivity contribution in [3.05, 3.63) is 12.3 Å². The van der Waals surface area contributed by atoms with Crippen LogP contribution in [0.5, 0.6) is 0 Å². The van der Waals surface area contributed by atoms with Crippen LogP contribution >= 0.6 is 0 Å². The summed E-state index contributed by atoms with van der Waals surface area (Å²) in [4.78, 5) is 0. The Bertz CT molecular complexity index is 314. The average molecular weight is 248 g/mol. The van der Waals surface area contributed by atoms with Gasteiger partial charge in [0.2, 0.25) is 0 Å². The molecule has 0 saturated heterocycles. The number of hydrogen-bond acceptors (Lipinski definition) is 1. The van der Waals surface area contributed by atoms with Crippen molar-refractivity contribution in [2.75, 3.05) is 0 Å². The van der Waals surface area contributed by atoms with Crippen molar-refractivity contribution in [2.24, 2.45) is 29.1 Å². The van der Waals surface area contributed by atoms with Crippen LogP contribution in [0.3, 0.4) is 0 Å². The molecule has 1 nitrogen and oxygen atoms in total. The summed E-state index contributed by atoms with van der Waals surface area (Å²) in [5.41, 5.74) is 0.134. The van der Waals surface area contributed by atoms with Crippen molar-refractivity contribution in [1.29, 1.82) is 0 Å². The van der Waals surface area contributed by atoms with Gasteiger partial charge in [-0.25, -0.2) is 0 Å². The molecule has 18 heavy (non-hydrogen) atoms. The molecule has 0 N–H and O–H groups in total. The summed E-state index contributed by atoms with van der Waals surface area (Å²) in [6.45, 7) is 11.0. The Balaban J connectivity index is 1.69. The van der Waals surface area contributed by atoms with Crippen LogP contribution in [-0.2, 0) is 4.74 Å². The van der Waals surface area contributed by atoms with Crippen LogP contribution in [0.4, 0.5) is 0 Å². The van der Waals surface area contributed by atoms with E-state index in [0.29, 0.717) is 6.10 Å². The van der Waals surface area contributed by atoms with E-state index in [2.05, 4.69) is 27.4 Å². The van der Waals surface area contributed by atoms with Crippen molar-refractivity contribution in [1.82, 2.24) is 0 Å². The van der Waals surface area contributed by atoms with Crippen LogP contribution < -0.4 is 0 Å². The predicted octanol–water partition coefficient (Wildman–Crippen LogP) is 4.78. The van der Waals surface area contributed by atoms with Gasteiger partial charge in [0.05, 0.1) is 5.76 Å². The Morgan fingerprint density at radius 1 is 1.06 bits per heavy atom. The van der Waals surface area contributed by atoms with Gasteiger partial charge in [0.15, 0.2) is 0 Å². The fraction of sp³-hybridized carbons (Fsp3) is 0.882. The lowest BCUT2D eigenvalue weighted by molar-refractivity contribution is -0.114.